The zero-order chi connectivity index (χ0) is 23.3. The van der Waals surface area contributed by atoms with Crippen molar-refractivity contribution in [3.63, 3.8) is 0 Å². The zero-order valence-corrected chi connectivity index (χ0v) is 19.4. The van der Waals surface area contributed by atoms with Crippen molar-refractivity contribution in [1.29, 1.82) is 0 Å². The summed E-state index contributed by atoms with van der Waals surface area (Å²) in [5.41, 5.74) is 1.47. The van der Waals surface area contributed by atoms with E-state index in [1.807, 2.05) is 0 Å². The van der Waals surface area contributed by atoms with Crippen LogP contribution < -0.4 is 5.32 Å². The number of anilines is 1. The monoisotopic (exact) mass is 480 g/mol. The van der Waals surface area contributed by atoms with Crippen LogP contribution in [0.5, 0.6) is 0 Å². The van der Waals surface area contributed by atoms with Crippen LogP contribution in [-0.2, 0) is 42.8 Å². The van der Waals surface area contributed by atoms with Crippen LogP contribution in [0.1, 0.15) is 33.3 Å². The van der Waals surface area contributed by atoms with Crippen LogP contribution in [0.3, 0.4) is 0 Å². The molecule has 11 heteroatoms. The highest BCUT2D eigenvalue weighted by molar-refractivity contribution is 7.91. The highest BCUT2D eigenvalue weighted by atomic mass is 32.2. The number of carbonyl (C=O) groups excluding carboxylic acids is 3. The third-order valence-electron chi connectivity index (χ3n) is 4.81. The molecule has 172 valence electrons. The van der Waals surface area contributed by atoms with E-state index in [1.165, 1.54) is 12.0 Å². The van der Waals surface area contributed by atoms with E-state index in [1.54, 1.807) is 37.3 Å². The summed E-state index contributed by atoms with van der Waals surface area (Å²) in [6, 6.07) is 8.58. The molecular formula is C21H24N2O7S2. The molecule has 0 aliphatic carbocycles. The Bertz CT molecular complexity index is 1110. The fourth-order valence-electron chi connectivity index (χ4n) is 3.42. The number of sulfone groups is 1. The van der Waals surface area contributed by atoms with Crippen LogP contribution >= 0.6 is 11.3 Å². The first-order chi connectivity index (χ1) is 15.2. The molecule has 2 amide bonds. The van der Waals surface area contributed by atoms with Crippen molar-refractivity contribution in [2.45, 2.75) is 25.6 Å². The van der Waals surface area contributed by atoms with Gasteiger partial charge in [-0.2, -0.15) is 0 Å². The lowest BCUT2D eigenvalue weighted by Gasteiger charge is -2.26. The number of fused-ring (bicyclic) bond motifs is 1. The third-order valence-corrected chi connectivity index (χ3v) is 7.41. The molecule has 0 saturated carbocycles. The van der Waals surface area contributed by atoms with Gasteiger partial charge in [0.2, 0.25) is 5.91 Å². The Morgan fingerprint density at radius 1 is 1.19 bits per heavy atom. The van der Waals surface area contributed by atoms with Crippen molar-refractivity contribution in [3.05, 3.63) is 51.9 Å². The van der Waals surface area contributed by atoms with Crippen LogP contribution in [0.2, 0.25) is 0 Å². The molecule has 2 heterocycles. The molecule has 1 N–H and O–H groups in total. The number of ether oxygens (including phenoxy) is 2. The van der Waals surface area contributed by atoms with Gasteiger partial charge in [-0.05, 0) is 24.5 Å². The Morgan fingerprint density at radius 2 is 1.91 bits per heavy atom. The highest BCUT2D eigenvalue weighted by Crippen LogP contribution is 2.37. The minimum atomic E-state index is -3.71. The lowest BCUT2D eigenvalue weighted by atomic mass is 10.0. The number of nitrogens with one attached hydrogen (secondary N) is 1. The molecule has 1 aromatic heterocycles. The second kappa shape index (κ2) is 10.1. The summed E-state index contributed by atoms with van der Waals surface area (Å²) < 4.78 is 34.8. The number of hydrogen-bond donors (Lipinski definition) is 1. The van der Waals surface area contributed by atoms with Gasteiger partial charge in [0, 0.05) is 11.4 Å². The number of thiophene rings is 1. The smallest absolute Gasteiger partial charge is 0.410 e. The Kier molecular flexibility index (Phi) is 7.52. The van der Waals surface area contributed by atoms with Gasteiger partial charge in [0.05, 0.1) is 31.6 Å². The van der Waals surface area contributed by atoms with Crippen LogP contribution in [0.4, 0.5) is 9.80 Å². The van der Waals surface area contributed by atoms with Gasteiger partial charge in [-0.15, -0.1) is 11.3 Å². The van der Waals surface area contributed by atoms with Crippen LogP contribution in [0.15, 0.2) is 30.3 Å². The van der Waals surface area contributed by atoms with Gasteiger partial charge in [-0.1, -0.05) is 30.3 Å². The van der Waals surface area contributed by atoms with E-state index in [2.05, 4.69) is 5.32 Å². The van der Waals surface area contributed by atoms with Gasteiger partial charge in [0.15, 0.2) is 9.84 Å². The molecule has 1 aliphatic heterocycles. The second-order valence-corrected chi connectivity index (χ2v) is 10.3. The van der Waals surface area contributed by atoms with Crippen molar-refractivity contribution in [2.24, 2.45) is 0 Å². The maximum absolute atomic E-state index is 12.5. The normalized spacial score (nSPS) is 13.2. The molecule has 1 aliphatic rings. The summed E-state index contributed by atoms with van der Waals surface area (Å²) in [5.74, 6) is -2.36. The Morgan fingerprint density at radius 3 is 2.56 bits per heavy atom. The second-order valence-electron chi connectivity index (χ2n) is 7.14. The van der Waals surface area contributed by atoms with Gasteiger partial charge in [-0.25, -0.2) is 18.0 Å². The maximum atomic E-state index is 12.5. The quantitative estimate of drug-likeness (QED) is 0.605. The predicted molar refractivity (Wildman–Crippen MR) is 119 cm³/mol. The Hall–Kier alpha value is -2.92. The molecule has 0 bridgehead atoms. The molecule has 1 aromatic carbocycles. The number of amides is 2. The van der Waals surface area contributed by atoms with Gasteiger partial charge >= 0.3 is 12.1 Å². The number of benzene rings is 1. The molecule has 2 aromatic rings. The summed E-state index contributed by atoms with van der Waals surface area (Å²) in [6.07, 6.45) is -0.0687. The molecule has 0 atom stereocenters. The standard InChI is InChI=1S/C21H24N2O7S2/c1-3-30-21(26)23-10-9-15-16(11-23)31-19(18(15)20(25)29-2)22-17(24)13-32(27,28)12-14-7-5-4-6-8-14/h4-8H,3,9-13H2,1-2H3,(H,22,24). The molecule has 0 spiro atoms. The lowest BCUT2D eigenvalue weighted by molar-refractivity contribution is -0.113. The fraction of sp³-hybridized carbons (Fsp3) is 0.381. The SMILES string of the molecule is CCOC(=O)N1CCc2c(sc(NC(=O)CS(=O)(=O)Cc3ccccc3)c2C(=O)OC)C1. The van der Waals surface area contributed by atoms with Crippen molar-refractivity contribution < 1.29 is 32.3 Å². The van der Waals surface area contributed by atoms with Gasteiger partial charge in [0.25, 0.3) is 0 Å². The van der Waals surface area contributed by atoms with E-state index in [9.17, 15) is 22.8 Å². The molecule has 3 rings (SSSR count). The Balaban J connectivity index is 1.78. The summed E-state index contributed by atoms with van der Waals surface area (Å²) >= 11 is 1.13. The van der Waals surface area contributed by atoms with Crippen LogP contribution in [0, 0.1) is 0 Å². The first-order valence-corrected chi connectivity index (χ1v) is 12.6. The predicted octanol–water partition coefficient (Wildman–Crippen LogP) is 2.60. The molecule has 32 heavy (non-hydrogen) atoms. The third kappa shape index (κ3) is 5.65. The van der Waals surface area contributed by atoms with E-state index >= 15 is 0 Å². The summed E-state index contributed by atoms with van der Waals surface area (Å²) in [6.45, 7) is 2.54. The molecule has 9 nitrogen and oxygen atoms in total. The zero-order valence-electron chi connectivity index (χ0n) is 17.8. The molecule has 0 radical (unpaired) electrons. The number of nitrogens with zero attached hydrogens (tertiary/aromatic N) is 1. The minimum absolute atomic E-state index is 0.199. The average molecular weight is 481 g/mol. The van der Waals surface area contributed by atoms with E-state index in [-0.39, 0.29) is 29.5 Å². The van der Waals surface area contributed by atoms with Crippen LogP contribution in [0.25, 0.3) is 0 Å². The first-order valence-electron chi connectivity index (χ1n) is 9.92. The lowest BCUT2D eigenvalue weighted by Crippen LogP contribution is -2.36. The molecule has 0 unspecified atom stereocenters. The number of methoxy groups -OCH3 is 1. The summed E-state index contributed by atoms with van der Waals surface area (Å²) in [5, 5.41) is 2.77. The van der Waals surface area contributed by atoms with Gasteiger partial charge < -0.3 is 19.7 Å². The topological polar surface area (TPSA) is 119 Å². The van der Waals surface area contributed by atoms with Gasteiger partial charge in [-0.3, -0.25) is 4.79 Å². The highest BCUT2D eigenvalue weighted by Gasteiger charge is 2.31. The fourth-order valence-corrected chi connectivity index (χ4v) is 5.96. The van der Waals surface area contributed by atoms with Crippen molar-refractivity contribution in [1.82, 2.24) is 4.90 Å². The summed E-state index contributed by atoms with van der Waals surface area (Å²) in [4.78, 5) is 39.2. The number of esters is 1. The van der Waals surface area contributed by atoms with E-state index < -0.39 is 33.6 Å². The van der Waals surface area contributed by atoms with E-state index in [0.29, 0.717) is 29.0 Å². The minimum Gasteiger partial charge on any atom is -0.465 e. The molecule has 0 saturated heterocycles. The van der Waals surface area contributed by atoms with Crippen molar-refractivity contribution in [3.8, 4) is 0 Å². The Labute approximate surface area is 190 Å². The number of carbonyl (C=O) groups is 3. The van der Waals surface area contributed by atoms with E-state index in [4.69, 9.17) is 9.47 Å². The van der Waals surface area contributed by atoms with Crippen molar-refractivity contribution >= 4 is 44.1 Å². The van der Waals surface area contributed by atoms with Crippen molar-refractivity contribution in [2.75, 3.05) is 31.3 Å². The maximum Gasteiger partial charge on any atom is 0.410 e. The largest absolute Gasteiger partial charge is 0.465 e. The first kappa shape index (κ1) is 23.7. The van der Waals surface area contributed by atoms with E-state index in [0.717, 1.165) is 11.3 Å². The summed E-state index contributed by atoms with van der Waals surface area (Å²) in [7, 11) is -2.48. The number of hydrogen-bond acceptors (Lipinski definition) is 8. The van der Waals surface area contributed by atoms with Gasteiger partial charge in [0.1, 0.15) is 10.8 Å². The van der Waals surface area contributed by atoms with Crippen LogP contribution in [-0.4, -0.2) is 57.3 Å². The molecular weight excluding hydrogens is 456 g/mol. The average Bonchev–Trinajstić information content (AvgIpc) is 3.09. The number of rotatable bonds is 7. The molecule has 0 fully saturated rings.